The molecule has 0 fully saturated rings. The van der Waals surface area contributed by atoms with E-state index in [2.05, 4.69) is 15.6 Å². The van der Waals surface area contributed by atoms with E-state index in [9.17, 15) is 29.1 Å². The Kier molecular flexibility index (Phi) is 8.92. The van der Waals surface area contributed by atoms with Gasteiger partial charge in [0.05, 0.1) is 6.04 Å². The average Bonchev–Trinajstić information content (AvgIpc) is 3.16. The predicted molar refractivity (Wildman–Crippen MR) is 118 cm³/mol. The molecule has 1 heterocycles. The summed E-state index contributed by atoms with van der Waals surface area (Å²) >= 11 is 0. The molecular formula is C21H28N6O6. The van der Waals surface area contributed by atoms with Crippen LogP contribution in [0.3, 0.4) is 0 Å². The number of hydrogen-bond donors (Lipinski definition) is 7. The number of para-hydroxylation sites is 1. The third kappa shape index (κ3) is 7.61. The molecule has 1 aromatic heterocycles. The molecule has 0 bridgehead atoms. The normalized spacial score (nSPS) is 13.6. The number of carbonyl (C=O) groups is 5. The zero-order chi connectivity index (χ0) is 24.5. The number of carbonyl (C=O) groups excluding carboxylic acids is 4. The minimum atomic E-state index is -1.40. The summed E-state index contributed by atoms with van der Waals surface area (Å²) in [7, 11) is 0. The molecule has 0 spiro atoms. The third-order valence-electron chi connectivity index (χ3n) is 5.06. The second-order valence-corrected chi connectivity index (χ2v) is 7.64. The van der Waals surface area contributed by atoms with E-state index in [1.54, 1.807) is 6.20 Å². The van der Waals surface area contributed by atoms with Crippen LogP contribution in [0, 0.1) is 0 Å². The Morgan fingerprint density at radius 1 is 0.909 bits per heavy atom. The second-order valence-electron chi connectivity index (χ2n) is 7.64. The van der Waals surface area contributed by atoms with E-state index >= 15 is 0 Å². The van der Waals surface area contributed by atoms with Gasteiger partial charge in [0.1, 0.15) is 12.1 Å². The lowest BCUT2D eigenvalue weighted by Crippen LogP contribution is -2.55. The van der Waals surface area contributed by atoms with Crippen molar-refractivity contribution in [1.29, 1.82) is 0 Å². The lowest BCUT2D eigenvalue weighted by molar-refractivity contribution is -0.142. The van der Waals surface area contributed by atoms with Crippen LogP contribution >= 0.6 is 0 Å². The fourth-order valence-corrected chi connectivity index (χ4v) is 3.28. The molecule has 0 saturated carbocycles. The summed E-state index contributed by atoms with van der Waals surface area (Å²) in [6.07, 6.45) is 1.05. The summed E-state index contributed by atoms with van der Waals surface area (Å²) in [6, 6.07) is 3.81. The lowest BCUT2D eigenvalue weighted by Gasteiger charge is -2.22. The van der Waals surface area contributed by atoms with Gasteiger partial charge in [-0.2, -0.15) is 0 Å². The number of aliphatic carboxylic acids is 1. The fraction of sp³-hybridized carbons (Fsp3) is 0.381. The number of primary amides is 2. The summed E-state index contributed by atoms with van der Waals surface area (Å²) in [6.45, 7) is 0. The molecule has 0 aliphatic heterocycles. The van der Waals surface area contributed by atoms with Gasteiger partial charge < -0.3 is 37.9 Å². The maximum Gasteiger partial charge on any atom is 0.326 e. The number of carboxylic acids is 1. The molecule has 1 aromatic carbocycles. The van der Waals surface area contributed by atoms with Gasteiger partial charge in [0.25, 0.3) is 0 Å². The summed E-state index contributed by atoms with van der Waals surface area (Å²) in [5.74, 6) is -4.30. The molecule has 0 aliphatic carbocycles. The Morgan fingerprint density at radius 2 is 1.48 bits per heavy atom. The van der Waals surface area contributed by atoms with Gasteiger partial charge in [-0.3, -0.25) is 19.2 Å². The fourth-order valence-electron chi connectivity index (χ4n) is 3.28. The maximum atomic E-state index is 12.7. The van der Waals surface area contributed by atoms with E-state index in [0.29, 0.717) is 0 Å². The molecule has 10 N–H and O–H groups in total. The van der Waals surface area contributed by atoms with Crippen molar-refractivity contribution in [2.24, 2.45) is 17.2 Å². The molecule has 2 aromatic rings. The smallest absolute Gasteiger partial charge is 0.326 e. The SMILES string of the molecule is NC(=O)CC[C@H](NC(=O)[C@H](CCC(N)=O)NC(=O)[C@@H](N)Cc1c[nH]c2ccccc12)C(=O)O. The van der Waals surface area contributed by atoms with Gasteiger partial charge in [-0.15, -0.1) is 0 Å². The number of nitrogens with two attached hydrogens (primary N) is 3. The molecule has 33 heavy (non-hydrogen) atoms. The van der Waals surface area contributed by atoms with Crippen molar-refractivity contribution in [3.8, 4) is 0 Å². The molecule has 178 valence electrons. The van der Waals surface area contributed by atoms with Crippen molar-refractivity contribution < 1.29 is 29.1 Å². The Balaban J connectivity index is 2.07. The van der Waals surface area contributed by atoms with E-state index < -0.39 is 47.7 Å². The van der Waals surface area contributed by atoms with Crippen molar-refractivity contribution in [1.82, 2.24) is 15.6 Å². The quantitative estimate of drug-likeness (QED) is 0.189. The highest BCUT2D eigenvalue weighted by Crippen LogP contribution is 2.18. The van der Waals surface area contributed by atoms with Gasteiger partial charge in [0.2, 0.25) is 23.6 Å². The average molecular weight is 460 g/mol. The zero-order valence-corrected chi connectivity index (χ0v) is 17.9. The summed E-state index contributed by atoms with van der Waals surface area (Å²) in [5, 5.41) is 14.9. The Bertz CT molecular complexity index is 1040. The molecule has 12 nitrogen and oxygen atoms in total. The van der Waals surface area contributed by atoms with Crippen LogP contribution < -0.4 is 27.8 Å². The highest BCUT2D eigenvalue weighted by molar-refractivity contribution is 5.93. The molecule has 0 unspecified atom stereocenters. The van der Waals surface area contributed by atoms with Crippen LogP contribution in [0.5, 0.6) is 0 Å². The molecule has 0 aliphatic rings. The third-order valence-corrected chi connectivity index (χ3v) is 5.06. The van der Waals surface area contributed by atoms with Gasteiger partial charge in [-0.1, -0.05) is 18.2 Å². The van der Waals surface area contributed by atoms with E-state index in [0.717, 1.165) is 16.5 Å². The first-order valence-corrected chi connectivity index (χ1v) is 10.3. The topological polar surface area (TPSA) is 223 Å². The number of aromatic amines is 1. The Hall–Kier alpha value is -3.93. The molecule has 4 amide bonds. The van der Waals surface area contributed by atoms with E-state index in [4.69, 9.17) is 17.2 Å². The first-order chi connectivity index (χ1) is 15.6. The van der Waals surface area contributed by atoms with E-state index in [1.165, 1.54) is 0 Å². The van der Waals surface area contributed by atoms with E-state index in [-0.39, 0.29) is 32.1 Å². The maximum absolute atomic E-state index is 12.7. The highest BCUT2D eigenvalue weighted by atomic mass is 16.4. The summed E-state index contributed by atoms with van der Waals surface area (Å²) < 4.78 is 0. The van der Waals surface area contributed by atoms with Crippen LogP contribution in [0.15, 0.2) is 30.5 Å². The summed E-state index contributed by atoms with van der Waals surface area (Å²) in [5.41, 5.74) is 17.9. The number of benzene rings is 1. The minimum absolute atomic E-state index is 0.158. The van der Waals surface area contributed by atoms with Crippen molar-refractivity contribution in [2.45, 2.75) is 50.2 Å². The second kappa shape index (κ2) is 11.6. The van der Waals surface area contributed by atoms with Crippen LogP contribution in [0.1, 0.15) is 31.2 Å². The highest BCUT2D eigenvalue weighted by Gasteiger charge is 2.28. The molecule has 0 saturated heterocycles. The number of aromatic nitrogens is 1. The number of fused-ring (bicyclic) bond motifs is 1. The number of amides is 4. The van der Waals surface area contributed by atoms with E-state index in [1.807, 2.05) is 24.3 Å². The first kappa shape index (κ1) is 25.3. The molecule has 2 rings (SSSR count). The Morgan fingerprint density at radius 3 is 2.09 bits per heavy atom. The molecule has 12 heteroatoms. The Labute approximate surface area is 189 Å². The number of hydrogen-bond acceptors (Lipinski definition) is 6. The van der Waals surface area contributed by atoms with Crippen molar-refractivity contribution in [3.63, 3.8) is 0 Å². The van der Waals surface area contributed by atoms with Crippen LogP contribution in [0.2, 0.25) is 0 Å². The number of nitrogens with one attached hydrogen (secondary N) is 3. The van der Waals surface area contributed by atoms with Crippen LogP contribution in [-0.4, -0.2) is 57.8 Å². The standard InChI is InChI=1S/C21H28N6O6/c22-13(9-11-10-25-14-4-2-1-3-12(11)14)19(30)26-15(5-7-17(23)28)20(31)27-16(21(32)33)6-8-18(24)29/h1-4,10,13,15-16,25H,5-9,22H2,(H2,23,28)(H2,24,29)(H,26,30)(H,27,31)(H,32,33)/t13-,15-,16-/m0/s1. The van der Waals surface area contributed by atoms with Crippen LogP contribution in [0.25, 0.3) is 10.9 Å². The molecular weight excluding hydrogens is 432 g/mol. The molecule has 0 radical (unpaired) electrons. The monoisotopic (exact) mass is 460 g/mol. The van der Waals surface area contributed by atoms with Crippen molar-refractivity contribution in [2.75, 3.05) is 0 Å². The zero-order valence-electron chi connectivity index (χ0n) is 17.9. The summed E-state index contributed by atoms with van der Waals surface area (Å²) in [4.78, 5) is 62.0. The van der Waals surface area contributed by atoms with Gasteiger partial charge in [-0.05, 0) is 30.9 Å². The number of H-pyrrole nitrogens is 1. The lowest BCUT2D eigenvalue weighted by atomic mass is 10.0. The number of carboxylic acid groups (broad SMARTS) is 1. The van der Waals surface area contributed by atoms with Crippen LogP contribution in [0.4, 0.5) is 0 Å². The van der Waals surface area contributed by atoms with Gasteiger partial charge >= 0.3 is 5.97 Å². The minimum Gasteiger partial charge on any atom is -0.480 e. The molecule has 3 atom stereocenters. The van der Waals surface area contributed by atoms with Gasteiger partial charge in [-0.25, -0.2) is 4.79 Å². The first-order valence-electron chi connectivity index (χ1n) is 10.3. The number of rotatable bonds is 13. The predicted octanol–water partition coefficient (Wildman–Crippen LogP) is -1.38. The largest absolute Gasteiger partial charge is 0.480 e. The van der Waals surface area contributed by atoms with Gasteiger partial charge in [0, 0.05) is 29.9 Å². The van der Waals surface area contributed by atoms with Crippen molar-refractivity contribution >= 4 is 40.5 Å². The van der Waals surface area contributed by atoms with Crippen LogP contribution in [-0.2, 0) is 30.4 Å². The van der Waals surface area contributed by atoms with Gasteiger partial charge in [0.15, 0.2) is 0 Å². The van der Waals surface area contributed by atoms with Crippen molar-refractivity contribution in [3.05, 3.63) is 36.0 Å².